The average molecular weight is 206 g/mol. The molecule has 0 aromatic heterocycles. The Kier molecular flexibility index (Phi) is 4.79. The molecule has 0 unspecified atom stereocenters. The Morgan fingerprint density at radius 1 is 1.07 bits per heavy atom. The molecule has 0 aliphatic rings. The van der Waals surface area contributed by atoms with E-state index in [1.165, 1.54) is 11.1 Å². The lowest BCUT2D eigenvalue weighted by Crippen LogP contribution is -2.12. The molecule has 2 heteroatoms. The van der Waals surface area contributed by atoms with Crippen LogP contribution in [0.2, 0.25) is 0 Å². The highest BCUT2D eigenvalue weighted by molar-refractivity contribution is 5.26. The van der Waals surface area contributed by atoms with E-state index in [1.54, 1.807) is 0 Å². The summed E-state index contributed by atoms with van der Waals surface area (Å²) < 4.78 is 0. The van der Waals surface area contributed by atoms with Gasteiger partial charge in [-0.1, -0.05) is 38.1 Å². The van der Waals surface area contributed by atoms with Crippen molar-refractivity contribution in [2.24, 2.45) is 11.5 Å². The topological polar surface area (TPSA) is 52.0 Å². The number of rotatable bonds is 5. The quantitative estimate of drug-likeness (QED) is 0.778. The predicted octanol–water partition coefficient (Wildman–Crippen LogP) is 2.55. The van der Waals surface area contributed by atoms with Crippen molar-refractivity contribution in [2.75, 3.05) is 6.54 Å². The van der Waals surface area contributed by atoms with E-state index in [0.717, 1.165) is 19.4 Å². The van der Waals surface area contributed by atoms with Crippen molar-refractivity contribution < 1.29 is 0 Å². The zero-order valence-corrected chi connectivity index (χ0v) is 9.74. The van der Waals surface area contributed by atoms with E-state index in [4.69, 9.17) is 11.5 Å². The lowest BCUT2D eigenvalue weighted by atomic mass is 9.97. The van der Waals surface area contributed by atoms with Gasteiger partial charge in [0, 0.05) is 6.04 Å². The van der Waals surface area contributed by atoms with Gasteiger partial charge >= 0.3 is 0 Å². The maximum atomic E-state index is 6.05. The molecular formula is C13H22N2. The summed E-state index contributed by atoms with van der Waals surface area (Å²) in [6, 6.07) is 8.74. The van der Waals surface area contributed by atoms with Gasteiger partial charge in [-0.3, -0.25) is 0 Å². The van der Waals surface area contributed by atoms with Crippen LogP contribution < -0.4 is 11.5 Å². The molecule has 0 spiro atoms. The van der Waals surface area contributed by atoms with E-state index in [1.807, 2.05) is 0 Å². The predicted molar refractivity (Wildman–Crippen MR) is 65.7 cm³/mol. The number of benzene rings is 1. The monoisotopic (exact) mass is 206 g/mol. The van der Waals surface area contributed by atoms with Crippen LogP contribution >= 0.6 is 0 Å². The molecule has 1 aromatic rings. The second-order valence-corrected chi connectivity index (χ2v) is 4.36. The first-order chi connectivity index (χ1) is 7.15. The minimum atomic E-state index is 0.134. The van der Waals surface area contributed by atoms with Crippen LogP contribution in [0.25, 0.3) is 0 Å². The van der Waals surface area contributed by atoms with Crippen LogP contribution in [0.1, 0.15) is 49.8 Å². The van der Waals surface area contributed by atoms with Crippen molar-refractivity contribution in [3.63, 3.8) is 0 Å². The van der Waals surface area contributed by atoms with Crippen LogP contribution in [-0.2, 0) is 0 Å². The fourth-order valence-corrected chi connectivity index (χ4v) is 1.63. The molecular weight excluding hydrogens is 184 g/mol. The molecule has 0 amide bonds. The van der Waals surface area contributed by atoms with Gasteiger partial charge in [-0.25, -0.2) is 0 Å². The maximum absolute atomic E-state index is 6.05. The summed E-state index contributed by atoms with van der Waals surface area (Å²) in [5, 5.41) is 0. The van der Waals surface area contributed by atoms with Gasteiger partial charge in [-0.2, -0.15) is 0 Å². The number of hydrogen-bond acceptors (Lipinski definition) is 2. The molecule has 0 saturated heterocycles. The van der Waals surface area contributed by atoms with Crippen LogP contribution in [0.15, 0.2) is 24.3 Å². The van der Waals surface area contributed by atoms with Gasteiger partial charge in [0.1, 0.15) is 0 Å². The first-order valence-electron chi connectivity index (χ1n) is 5.70. The summed E-state index contributed by atoms with van der Waals surface area (Å²) in [6.45, 7) is 5.12. The van der Waals surface area contributed by atoms with E-state index in [-0.39, 0.29) is 6.04 Å². The molecule has 0 bridgehead atoms. The fourth-order valence-electron chi connectivity index (χ4n) is 1.63. The molecule has 1 atom stereocenters. The Morgan fingerprint density at radius 3 is 2.07 bits per heavy atom. The summed E-state index contributed by atoms with van der Waals surface area (Å²) >= 11 is 0. The Balaban J connectivity index is 2.62. The zero-order valence-electron chi connectivity index (χ0n) is 9.74. The molecule has 0 radical (unpaired) electrons. The van der Waals surface area contributed by atoms with Crippen molar-refractivity contribution >= 4 is 0 Å². The highest BCUT2D eigenvalue weighted by Crippen LogP contribution is 2.19. The molecule has 1 aromatic carbocycles. The third-order valence-electron chi connectivity index (χ3n) is 2.75. The highest BCUT2D eigenvalue weighted by Gasteiger charge is 2.05. The lowest BCUT2D eigenvalue weighted by Gasteiger charge is -2.13. The molecule has 0 aliphatic heterocycles. The van der Waals surface area contributed by atoms with E-state index in [2.05, 4.69) is 38.1 Å². The standard InChI is InChI=1S/C13H22N2/c1-10(2)11-5-7-12(8-6-11)13(15)4-3-9-14/h5-8,10,13H,3-4,9,14-15H2,1-2H3/t13-/m0/s1. The third kappa shape index (κ3) is 3.65. The summed E-state index contributed by atoms with van der Waals surface area (Å²) in [5.74, 6) is 0.583. The Labute approximate surface area is 92.7 Å². The molecule has 0 aliphatic carbocycles. The fraction of sp³-hybridized carbons (Fsp3) is 0.538. The number of hydrogen-bond donors (Lipinski definition) is 2. The summed E-state index contributed by atoms with van der Waals surface area (Å²) in [5.41, 5.74) is 14.1. The van der Waals surface area contributed by atoms with Gasteiger partial charge in [0.15, 0.2) is 0 Å². The van der Waals surface area contributed by atoms with Gasteiger partial charge in [0.2, 0.25) is 0 Å². The zero-order chi connectivity index (χ0) is 11.3. The minimum Gasteiger partial charge on any atom is -0.330 e. The van der Waals surface area contributed by atoms with E-state index in [0.29, 0.717) is 5.92 Å². The smallest absolute Gasteiger partial charge is 0.0295 e. The van der Waals surface area contributed by atoms with Gasteiger partial charge < -0.3 is 11.5 Å². The second-order valence-electron chi connectivity index (χ2n) is 4.36. The molecule has 1 rings (SSSR count). The SMILES string of the molecule is CC(C)c1ccc([C@@H](N)CCCN)cc1. The average Bonchev–Trinajstić information content (AvgIpc) is 2.26. The van der Waals surface area contributed by atoms with Crippen LogP contribution in [0.3, 0.4) is 0 Å². The minimum absolute atomic E-state index is 0.134. The van der Waals surface area contributed by atoms with E-state index < -0.39 is 0 Å². The first-order valence-corrected chi connectivity index (χ1v) is 5.70. The van der Waals surface area contributed by atoms with Crippen molar-refractivity contribution in [1.82, 2.24) is 0 Å². The summed E-state index contributed by atoms with van der Waals surface area (Å²) in [4.78, 5) is 0. The maximum Gasteiger partial charge on any atom is 0.0295 e. The number of nitrogens with two attached hydrogens (primary N) is 2. The van der Waals surface area contributed by atoms with Gasteiger partial charge in [-0.15, -0.1) is 0 Å². The van der Waals surface area contributed by atoms with Crippen molar-refractivity contribution in [3.05, 3.63) is 35.4 Å². The van der Waals surface area contributed by atoms with Crippen LogP contribution in [-0.4, -0.2) is 6.54 Å². The van der Waals surface area contributed by atoms with Gasteiger partial charge in [-0.05, 0) is 36.4 Å². The largest absolute Gasteiger partial charge is 0.330 e. The van der Waals surface area contributed by atoms with Gasteiger partial charge in [0.25, 0.3) is 0 Å². The molecule has 2 nitrogen and oxygen atoms in total. The van der Waals surface area contributed by atoms with Crippen molar-refractivity contribution in [1.29, 1.82) is 0 Å². The molecule has 0 heterocycles. The van der Waals surface area contributed by atoms with E-state index >= 15 is 0 Å². The van der Waals surface area contributed by atoms with Gasteiger partial charge in [0.05, 0.1) is 0 Å². The van der Waals surface area contributed by atoms with Crippen LogP contribution in [0.5, 0.6) is 0 Å². The van der Waals surface area contributed by atoms with Crippen LogP contribution in [0, 0.1) is 0 Å². The van der Waals surface area contributed by atoms with Crippen LogP contribution in [0.4, 0.5) is 0 Å². The highest BCUT2D eigenvalue weighted by atomic mass is 14.6. The summed E-state index contributed by atoms with van der Waals surface area (Å²) in [7, 11) is 0. The molecule has 15 heavy (non-hydrogen) atoms. The molecule has 4 N–H and O–H groups in total. The third-order valence-corrected chi connectivity index (χ3v) is 2.75. The van der Waals surface area contributed by atoms with Crippen molar-refractivity contribution in [2.45, 2.75) is 38.6 Å². The van der Waals surface area contributed by atoms with E-state index in [9.17, 15) is 0 Å². The Bertz CT molecular complexity index is 277. The molecule has 0 fully saturated rings. The normalized spacial score (nSPS) is 13.1. The summed E-state index contributed by atoms with van der Waals surface area (Å²) in [6.07, 6.45) is 1.96. The Hall–Kier alpha value is -0.860. The molecule has 0 saturated carbocycles. The van der Waals surface area contributed by atoms with Crippen molar-refractivity contribution in [3.8, 4) is 0 Å². The second kappa shape index (κ2) is 5.89. The Morgan fingerprint density at radius 2 is 1.60 bits per heavy atom. The first kappa shape index (κ1) is 12.2. The molecule has 84 valence electrons. The lowest BCUT2D eigenvalue weighted by molar-refractivity contribution is 0.617.